The highest BCUT2D eigenvalue weighted by Gasteiger charge is 2.48. The molecule has 0 aromatic heterocycles. The molecule has 1 fully saturated rings. The lowest BCUT2D eigenvalue weighted by molar-refractivity contribution is -0.127. The SMILES string of the molecule is C=CCSC1=NC2C(C(=O)NC(=O)N2C)N1Cc1ccc(Cl)cc1. The molecule has 2 atom stereocenters. The van der Waals surface area contributed by atoms with Gasteiger partial charge >= 0.3 is 6.03 Å². The molecular weight excluding hydrogens is 348 g/mol. The summed E-state index contributed by atoms with van der Waals surface area (Å²) in [5.74, 6) is 0.351. The summed E-state index contributed by atoms with van der Waals surface area (Å²) < 4.78 is 0. The zero-order chi connectivity index (χ0) is 17.3. The third-order valence-electron chi connectivity index (χ3n) is 3.92. The van der Waals surface area contributed by atoms with Crippen LogP contribution in [0.5, 0.6) is 0 Å². The van der Waals surface area contributed by atoms with Crippen molar-refractivity contribution in [2.24, 2.45) is 4.99 Å². The largest absolute Gasteiger partial charge is 0.331 e. The van der Waals surface area contributed by atoms with E-state index in [2.05, 4.69) is 16.9 Å². The van der Waals surface area contributed by atoms with Gasteiger partial charge in [0.1, 0.15) is 0 Å². The highest BCUT2D eigenvalue weighted by molar-refractivity contribution is 8.13. The van der Waals surface area contributed by atoms with E-state index in [1.165, 1.54) is 16.7 Å². The minimum absolute atomic E-state index is 0.324. The Morgan fingerprint density at radius 3 is 2.75 bits per heavy atom. The quantitative estimate of drug-likeness (QED) is 0.833. The highest BCUT2D eigenvalue weighted by Crippen LogP contribution is 2.30. The van der Waals surface area contributed by atoms with Gasteiger partial charge in [0.05, 0.1) is 0 Å². The van der Waals surface area contributed by atoms with Crippen molar-refractivity contribution < 1.29 is 9.59 Å². The van der Waals surface area contributed by atoms with Crippen molar-refractivity contribution in [3.8, 4) is 0 Å². The number of thioether (sulfide) groups is 1. The van der Waals surface area contributed by atoms with Crippen LogP contribution in [0.15, 0.2) is 41.9 Å². The Balaban J connectivity index is 1.89. The molecule has 126 valence electrons. The Hall–Kier alpha value is -1.99. The average molecular weight is 365 g/mol. The molecule has 2 aliphatic rings. The number of nitrogens with zero attached hydrogens (tertiary/aromatic N) is 3. The van der Waals surface area contributed by atoms with Crippen LogP contribution in [0.4, 0.5) is 4.79 Å². The number of imide groups is 1. The number of fused-ring (bicyclic) bond motifs is 1. The number of likely N-dealkylation sites (N-methyl/N-ethyl adjacent to an activating group) is 1. The maximum absolute atomic E-state index is 12.4. The maximum atomic E-state index is 12.4. The maximum Gasteiger partial charge on any atom is 0.325 e. The average Bonchev–Trinajstić information content (AvgIpc) is 2.92. The molecular formula is C16H17ClN4O2S. The molecule has 6 nitrogen and oxygen atoms in total. The lowest BCUT2D eigenvalue weighted by Crippen LogP contribution is -2.63. The van der Waals surface area contributed by atoms with Crippen LogP contribution in [0, 0.1) is 0 Å². The van der Waals surface area contributed by atoms with Crippen molar-refractivity contribution in [2.75, 3.05) is 12.8 Å². The van der Waals surface area contributed by atoms with Crippen molar-refractivity contribution in [3.63, 3.8) is 0 Å². The highest BCUT2D eigenvalue weighted by atomic mass is 35.5. The van der Waals surface area contributed by atoms with Gasteiger partial charge in [0.15, 0.2) is 17.4 Å². The summed E-state index contributed by atoms with van der Waals surface area (Å²) in [4.78, 5) is 32.2. The molecule has 2 aliphatic heterocycles. The smallest absolute Gasteiger partial charge is 0.325 e. The first-order valence-corrected chi connectivity index (χ1v) is 8.78. The first-order chi connectivity index (χ1) is 11.5. The third-order valence-corrected chi connectivity index (χ3v) is 5.17. The molecule has 8 heteroatoms. The minimum Gasteiger partial charge on any atom is -0.331 e. The van der Waals surface area contributed by atoms with E-state index in [0.29, 0.717) is 17.3 Å². The van der Waals surface area contributed by atoms with Crippen molar-refractivity contribution in [1.29, 1.82) is 0 Å². The predicted molar refractivity (Wildman–Crippen MR) is 96.0 cm³/mol. The second-order valence-electron chi connectivity index (χ2n) is 5.53. The minimum atomic E-state index is -0.532. The number of hydrogen-bond donors (Lipinski definition) is 1. The van der Waals surface area contributed by atoms with Crippen LogP contribution in [0.2, 0.25) is 5.02 Å². The predicted octanol–water partition coefficient (Wildman–Crippen LogP) is 2.31. The molecule has 2 heterocycles. The normalized spacial score (nSPS) is 23.0. The second-order valence-corrected chi connectivity index (χ2v) is 6.95. The molecule has 0 bridgehead atoms. The van der Waals surface area contributed by atoms with Crippen molar-refractivity contribution in [3.05, 3.63) is 47.5 Å². The van der Waals surface area contributed by atoms with Crippen molar-refractivity contribution >= 4 is 40.5 Å². The Labute approximate surface area is 149 Å². The number of hydrogen-bond acceptors (Lipinski definition) is 5. The van der Waals surface area contributed by atoms with E-state index in [0.717, 1.165) is 10.7 Å². The molecule has 3 rings (SSSR count). The van der Waals surface area contributed by atoms with E-state index in [1.807, 2.05) is 29.2 Å². The van der Waals surface area contributed by atoms with Gasteiger partial charge in [0, 0.05) is 24.4 Å². The van der Waals surface area contributed by atoms with E-state index >= 15 is 0 Å². The monoisotopic (exact) mass is 364 g/mol. The summed E-state index contributed by atoms with van der Waals surface area (Å²) in [7, 11) is 1.64. The zero-order valence-electron chi connectivity index (χ0n) is 13.1. The van der Waals surface area contributed by atoms with E-state index in [4.69, 9.17) is 11.6 Å². The number of carbonyl (C=O) groups excluding carboxylic acids is 2. The number of carbonyl (C=O) groups is 2. The van der Waals surface area contributed by atoms with Crippen LogP contribution in [-0.4, -0.2) is 51.9 Å². The molecule has 0 aliphatic carbocycles. The summed E-state index contributed by atoms with van der Waals surface area (Å²) in [5.41, 5.74) is 1.01. The van der Waals surface area contributed by atoms with Crippen LogP contribution in [0.1, 0.15) is 5.56 Å². The molecule has 1 saturated heterocycles. The Morgan fingerprint density at radius 1 is 1.38 bits per heavy atom. The zero-order valence-corrected chi connectivity index (χ0v) is 14.7. The van der Waals surface area contributed by atoms with E-state index < -0.39 is 18.2 Å². The molecule has 1 aromatic carbocycles. The van der Waals surface area contributed by atoms with Gasteiger partial charge in [-0.2, -0.15) is 0 Å². The number of urea groups is 1. The van der Waals surface area contributed by atoms with E-state index in [1.54, 1.807) is 13.1 Å². The van der Waals surface area contributed by atoms with Crippen LogP contribution in [0.3, 0.4) is 0 Å². The number of nitrogens with one attached hydrogen (secondary N) is 1. The molecule has 2 unspecified atom stereocenters. The lowest BCUT2D eigenvalue weighted by atomic mass is 10.1. The van der Waals surface area contributed by atoms with Crippen LogP contribution in [-0.2, 0) is 11.3 Å². The van der Waals surface area contributed by atoms with E-state index in [9.17, 15) is 9.59 Å². The Bertz CT molecular complexity index is 707. The number of amides is 3. The second kappa shape index (κ2) is 6.86. The lowest BCUT2D eigenvalue weighted by Gasteiger charge is -2.36. The fraction of sp³-hybridized carbons (Fsp3) is 0.312. The van der Waals surface area contributed by atoms with Crippen molar-refractivity contribution in [1.82, 2.24) is 15.1 Å². The summed E-state index contributed by atoms with van der Waals surface area (Å²) in [5, 5.41) is 3.78. The van der Waals surface area contributed by atoms with Gasteiger partial charge in [-0.25, -0.2) is 9.79 Å². The number of aliphatic imine (C=N–C) groups is 1. The standard InChI is InChI=1S/C16H17ClN4O2S/c1-3-8-24-16-18-13-12(14(22)19-15(23)20(13)2)21(16)9-10-4-6-11(17)7-5-10/h3-7,12-13H,1,8-9H2,2H3,(H,19,22,23). The Kier molecular flexibility index (Phi) is 4.82. The van der Waals surface area contributed by atoms with Crippen LogP contribution in [0.25, 0.3) is 0 Å². The van der Waals surface area contributed by atoms with Gasteiger partial charge in [-0.3, -0.25) is 10.1 Å². The molecule has 0 spiro atoms. The molecule has 0 saturated carbocycles. The number of halogens is 1. The van der Waals surface area contributed by atoms with Gasteiger partial charge in [-0.1, -0.05) is 41.6 Å². The van der Waals surface area contributed by atoms with E-state index in [-0.39, 0.29) is 5.91 Å². The molecule has 1 aromatic rings. The summed E-state index contributed by atoms with van der Waals surface area (Å²) in [6.07, 6.45) is 1.27. The molecule has 24 heavy (non-hydrogen) atoms. The van der Waals surface area contributed by atoms with Gasteiger partial charge < -0.3 is 9.80 Å². The summed E-state index contributed by atoms with van der Waals surface area (Å²) in [6.45, 7) is 4.23. The van der Waals surface area contributed by atoms with Gasteiger partial charge in [0.2, 0.25) is 0 Å². The van der Waals surface area contributed by atoms with Crippen LogP contribution < -0.4 is 5.32 Å². The fourth-order valence-electron chi connectivity index (χ4n) is 2.71. The molecule has 1 N–H and O–H groups in total. The first-order valence-electron chi connectivity index (χ1n) is 7.41. The number of amidine groups is 1. The summed E-state index contributed by atoms with van der Waals surface area (Å²) in [6, 6.07) is 6.51. The van der Waals surface area contributed by atoms with Crippen LogP contribution >= 0.6 is 23.4 Å². The number of benzene rings is 1. The van der Waals surface area contributed by atoms with Gasteiger partial charge in [-0.05, 0) is 17.7 Å². The van der Waals surface area contributed by atoms with Gasteiger partial charge in [0.25, 0.3) is 5.91 Å². The first kappa shape index (κ1) is 16.9. The summed E-state index contributed by atoms with van der Waals surface area (Å²) >= 11 is 7.43. The van der Waals surface area contributed by atoms with Gasteiger partial charge in [-0.15, -0.1) is 6.58 Å². The molecule has 0 radical (unpaired) electrons. The third kappa shape index (κ3) is 3.14. The van der Waals surface area contributed by atoms with Crippen molar-refractivity contribution in [2.45, 2.75) is 18.8 Å². The fourth-order valence-corrected chi connectivity index (χ4v) is 3.63. The topological polar surface area (TPSA) is 65.0 Å². The Morgan fingerprint density at radius 2 is 2.08 bits per heavy atom. The molecule has 3 amide bonds. The number of rotatable bonds is 4.